The summed E-state index contributed by atoms with van der Waals surface area (Å²) in [6.07, 6.45) is 3.36. The maximum Gasteiger partial charge on any atom is 0.222 e. The Morgan fingerprint density at radius 3 is 1.77 bits per heavy atom. The molecule has 0 spiro atoms. The average Bonchev–Trinajstić information content (AvgIpc) is 3.92. The van der Waals surface area contributed by atoms with Gasteiger partial charge >= 0.3 is 0 Å². The van der Waals surface area contributed by atoms with E-state index in [1.54, 1.807) is 76.5 Å². The number of nitrogens with two attached hydrogens (primary N) is 2. The molecule has 0 bridgehead atoms. The maximum atomic E-state index is 9.35. The maximum absolute atomic E-state index is 9.35. The Labute approximate surface area is 270 Å². The first-order valence-corrected chi connectivity index (χ1v) is 14.4. The summed E-state index contributed by atoms with van der Waals surface area (Å²) >= 11 is 0. The third-order valence-corrected chi connectivity index (χ3v) is 6.97. The van der Waals surface area contributed by atoms with Gasteiger partial charge in [-0.25, -0.2) is 19.3 Å². The smallest absolute Gasteiger partial charge is 0.222 e. The molecule has 7 aromatic heterocycles. The van der Waals surface area contributed by atoms with Crippen LogP contribution in [0.15, 0.2) is 88.1 Å². The van der Waals surface area contributed by atoms with Crippen molar-refractivity contribution in [2.75, 3.05) is 11.5 Å². The summed E-state index contributed by atoms with van der Waals surface area (Å²) in [5.41, 5.74) is 17.1. The minimum Gasteiger partial charge on any atom is -0.508 e. The van der Waals surface area contributed by atoms with Crippen molar-refractivity contribution in [1.29, 1.82) is 5.26 Å². The fourth-order valence-corrected chi connectivity index (χ4v) is 4.85. The number of hydrogen-bond donors (Lipinski definition) is 3. The lowest BCUT2D eigenvalue weighted by atomic mass is 10.2. The van der Waals surface area contributed by atoms with Crippen molar-refractivity contribution in [3.63, 3.8) is 0 Å². The van der Waals surface area contributed by atoms with Gasteiger partial charge in [-0.1, -0.05) is 28.6 Å². The number of rotatable bonds is 7. The van der Waals surface area contributed by atoms with Gasteiger partial charge in [0.2, 0.25) is 11.9 Å². The molecule has 7 heterocycles. The van der Waals surface area contributed by atoms with E-state index in [1.165, 1.54) is 0 Å². The molecular formula is C31H24N14O3. The highest BCUT2D eigenvalue weighted by Gasteiger charge is 2.18. The molecule has 0 saturated carbocycles. The first kappa shape index (κ1) is 29.5. The zero-order chi connectivity index (χ0) is 33.0. The number of fused-ring (bicyclic) bond motifs is 2. The predicted molar refractivity (Wildman–Crippen MR) is 170 cm³/mol. The van der Waals surface area contributed by atoms with Gasteiger partial charge in [-0.15, -0.1) is 10.2 Å². The Bertz CT molecular complexity index is 2370. The van der Waals surface area contributed by atoms with Crippen LogP contribution in [0.3, 0.4) is 0 Å². The van der Waals surface area contributed by atoms with Crippen LogP contribution in [0.1, 0.15) is 17.0 Å². The Morgan fingerprint density at radius 2 is 1.23 bits per heavy atom. The summed E-state index contributed by atoms with van der Waals surface area (Å²) in [5, 5.41) is 34.7. The van der Waals surface area contributed by atoms with Gasteiger partial charge in [0.05, 0.1) is 49.5 Å². The first-order valence-electron chi connectivity index (χ1n) is 14.4. The number of hydrogen-bond acceptors (Lipinski definition) is 15. The number of nitriles is 1. The van der Waals surface area contributed by atoms with Crippen LogP contribution in [-0.4, -0.2) is 60.0 Å². The van der Waals surface area contributed by atoms with Gasteiger partial charge < -0.3 is 25.4 Å². The van der Waals surface area contributed by atoms with Gasteiger partial charge in [-0.05, 0) is 54.1 Å². The molecule has 48 heavy (non-hydrogen) atoms. The zero-order valence-corrected chi connectivity index (χ0v) is 24.9. The van der Waals surface area contributed by atoms with Crippen LogP contribution in [0.2, 0.25) is 0 Å². The van der Waals surface area contributed by atoms with E-state index < -0.39 is 0 Å². The minimum atomic E-state index is 0.105. The molecule has 0 amide bonds. The lowest BCUT2D eigenvalue weighted by Crippen LogP contribution is -2.07. The molecule has 236 valence electrons. The van der Waals surface area contributed by atoms with Crippen molar-refractivity contribution in [2.24, 2.45) is 0 Å². The second kappa shape index (κ2) is 12.6. The average molecular weight is 641 g/mol. The number of anilines is 2. The second-order valence-corrected chi connectivity index (χ2v) is 10.3. The quantitative estimate of drug-likeness (QED) is 0.226. The van der Waals surface area contributed by atoms with Crippen LogP contribution in [0, 0.1) is 11.3 Å². The number of pyridine rings is 1. The van der Waals surface area contributed by atoms with Crippen molar-refractivity contribution in [1.82, 2.24) is 54.9 Å². The highest BCUT2D eigenvalue weighted by Crippen LogP contribution is 2.27. The van der Waals surface area contributed by atoms with Gasteiger partial charge in [0.15, 0.2) is 33.8 Å². The van der Waals surface area contributed by atoms with E-state index in [-0.39, 0.29) is 24.1 Å². The van der Waals surface area contributed by atoms with Crippen LogP contribution >= 0.6 is 0 Å². The first-order chi connectivity index (χ1) is 23.4. The van der Waals surface area contributed by atoms with E-state index in [9.17, 15) is 5.11 Å². The number of aromatic hydroxyl groups is 1. The van der Waals surface area contributed by atoms with Crippen molar-refractivity contribution >= 4 is 34.2 Å². The molecule has 8 rings (SSSR count). The SMILES string of the molecule is N#CCc1cccc(Cn2nnc3c(-c4ccco4)nc(N)nc32)n1.Nc1nc(-c2ccco2)c2nnn(Cc3ccc(O)cc3)c2n1. The fraction of sp³-hybridized carbons (Fsp3) is 0.0968. The van der Waals surface area contributed by atoms with Crippen LogP contribution in [0.25, 0.3) is 45.2 Å². The highest BCUT2D eigenvalue weighted by atomic mass is 16.3. The number of furan rings is 2. The highest BCUT2D eigenvalue weighted by molar-refractivity contribution is 5.86. The van der Waals surface area contributed by atoms with E-state index in [0.29, 0.717) is 64.0 Å². The predicted octanol–water partition coefficient (Wildman–Crippen LogP) is 3.39. The molecular weight excluding hydrogens is 616 g/mol. The zero-order valence-electron chi connectivity index (χ0n) is 24.9. The number of aromatic nitrogens is 11. The largest absolute Gasteiger partial charge is 0.508 e. The lowest BCUT2D eigenvalue weighted by Gasteiger charge is -2.04. The number of phenolic OH excluding ortho intramolecular Hbond substituents is 1. The van der Waals surface area contributed by atoms with E-state index in [1.807, 2.05) is 12.1 Å². The summed E-state index contributed by atoms with van der Waals surface area (Å²) < 4.78 is 14.0. The molecule has 1 aromatic carbocycles. The van der Waals surface area contributed by atoms with Gasteiger partial charge in [0.25, 0.3) is 0 Å². The monoisotopic (exact) mass is 640 g/mol. The van der Waals surface area contributed by atoms with E-state index in [0.717, 1.165) is 11.3 Å². The summed E-state index contributed by atoms with van der Waals surface area (Å²) in [4.78, 5) is 21.3. The standard InChI is InChI=1S/C16H12N8O.C15H12N6O2/c17-7-6-10-3-1-4-11(19-10)9-24-15-14(22-23-24)13(20-16(18)21-15)12-5-2-8-25-12;16-15-17-12(11-2-1-7-23-11)13-14(18-15)21(20-19-13)8-9-3-5-10(22)6-4-9/h1-5,8H,6,9H2,(H2,18,20,21);1-7,22H,8H2,(H2,16,17,18). The summed E-state index contributed by atoms with van der Waals surface area (Å²) in [6.45, 7) is 0.800. The van der Waals surface area contributed by atoms with Gasteiger partial charge in [-0.3, -0.25) is 4.98 Å². The van der Waals surface area contributed by atoms with Crippen LogP contribution in [-0.2, 0) is 19.5 Å². The number of benzene rings is 1. The molecule has 0 aliphatic heterocycles. The Balaban J connectivity index is 0.000000152. The molecule has 0 aliphatic rings. The third kappa shape index (κ3) is 6.03. The molecule has 0 aliphatic carbocycles. The fourth-order valence-electron chi connectivity index (χ4n) is 4.85. The summed E-state index contributed by atoms with van der Waals surface area (Å²) in [5.74, 6) is 1.54. The molecule has 17 heteroatoms. The van der Waals surface area contributed by atoms with Gasteiger partial charge in [0, 0.05) is 0 Å². The molecule has 8 aromatic rings. The topological polar surface area (TPSA) is 248 Å². The molecule has 0 saturated heterocycles. The van der Waals surface area contributed by atoms with Crippen LogP contribution in [0.4, 0.5) is 11.9 Å². The Kier molecular flexibility index (Phi) is 7.77. The van der Waals surface area contributed by atoms with Crippen molar-refractivity contribution in [3.8, 4) is 34.7 Å². The molecule has 0 unspecified atom stereocenters. The summed E-state index contributed by atoms with van der Waals surface area (Å²) in [6, 6.07) is 21.5. The van der Waals surface area contributed by atoms with Gasteiger partial charge in [0.1, 0.15) is 17.1 Å². The second-order valence-electron chi connectivity index (χ2n) is 10.3. The van der Waals surface area contributed by atoms with Gasteiger partial charge in [-0.2, -0.15) is 15.2 Å². The van der Waals surface area contributed by atoms with Crippen LogP contribution in [0.5, 0.6) is 5.75 Å². The normalized spacial score (nSPS) is 11.0. The summed E-state index contributed by atoms with van der Waals surface area (Å²) in [7, 11) is 0. The molecule has 0 atom stereocenters. The number of nitrogen functional groups attached to an aromatic ring is 2. The third-order valence-electron chi connectivity index (χ3n) is 6.97. The van der Waals surface area contributed by atoms with Crippen molar-refractivity contribution in [2.45, 2.75) is 19.5 Å². The molecule has 5 N–H and O–H groups in total. The van der Waals surface area contributed by atoms with Crippen molar-refractivity contribution < 1.29 is 13.9 Å². The molecule has 0 radical (unpaired) electrons. The molecule has 17 nitrogen and oxygen atoms in total. The van der Waals surface area contributed by atoms with Crippen molar-refractivity contribution in [3.05, 3.63) is 96.2 Å². The number of nitrogens with zero attached hydrogens (tertiary/aromatic N) is 12. The van der Waals surface area contributed by atoms with E-state index in [2.05, 4.69) is 51.6 Å². The van der Waals surface area contributed by atoms with Crippen LogP contribution < -0.4 is 11.5 Å². The lowest BCUT2D eigenvalue weighted by molar-refractivity contribution is 0.475. The van der Waals surface area contributed by atoms with E-state index in [4.69, 9.17) is 25.6 Å². The van der Waals surface area contributed by atoms with E-state index >= 15 is 0 Å². The minimum absolute atomic E-state index is 0.105. The Morgan fingerprint density at radius 1 is 0.667 bits per heavy atom. The molecule has 0 fully saturated rings. The Hall–Kier alpha value is -7.22. The number of phenols is 1.